The first-order chi connectivity index (χ1) is 7.74. The number of esters is 1. The summed E-state index contributed by atoms with van der Waals surface area (Å²) in [5.74, 6) is -0.293. The van der Waals surface area contributed by atoms with Gasteiger partial charge in [0.25, 0.3) is 0 Å². The number of carbonyl (C=O) groups is 1. The number of ether oxygens (including phenoxy) is 1. The molecule has 0 heterocycles. The summed E-state index contributed by atoms with van der Waals surface area (Å²) in [6, 6.07) is 6.81. The van der Waals surface area contributed by atoms with Crippen LogP contribution in [-0.2, 0) is 4.74 Å². The number of hydrogen-bond acceptors (Lipinski definition) is 2. The number of carbonyl (C=O) groups excluding carboxylic acids is 1. The molecule has 0 unspecified atom stereocenters. The molecule has 88 valence electrons. The van der Waals surface area contributed by atoms with E-state index in [2.05, 4.69) is 6.92 Å². The highest BCUT2D eigenvalue weighted by Gasteiger charge is 2.06. The van der Waals surface area contributed by atoms with E-state index in [-0.39, 0.29) is 5.97 Å². The molecule has 1 aromatic rings. The molecule has 0 N–H and O–H groups in total. The molecule has 0 bridgehead atoms. The zero-order valence-electron chi connectivity index (χ0n) is 9.54. The Balaban J connectivity index is 2.30. The number of unbranched alkanes of at least 4 members (excludes halogenated alkanes) is 3. The molecule has 16 heavy (non-hydrogen) atoms. The highest BCUT2D eigenvalue weighted by atomic mass is 35.5. The fourth-order valence-corrected chi connectivity index (χ4v) is 1.58. The summed E-state index contributed by atoms with van der Waals surface area (Å²) in [6.07, 6.45) is 4.41. The van der Waals surface area contributed by atoms with Crippen molar-refractivity contribution in [3.8, 4) is 0 Å². The minimum atomic E-state index is -0.293. The minimum Gasteiger partial charge on any atom is -0.462 e. The predicted octanol–water partition coefficient (Wildman–Crippen LogP) is 4.08. The number of halogens is 1. The smallest absolute Gasteiger partial charge is 0.338 e. The molecule has 0 fully saturated rings. The fraction of sp³-hybridized carbons (Fsp3) is 0.462. The summed E-state index contributed by atoms with van der Waals surface area (Å²) in [4.78, 5) is 11.5. The van der Waals surface area contributed by atoms with Crippen LogP contribution in [0.1, 0.15) is 43.0 Å². The summed E-state index contributed by atoms with van der Waals surface area (Å²) in [5.41, 5.74) is 0.517. The Labute approximate surface area is 102 Å². The molecular weight excluding hydrogens is 224 g/mol. The molecule has 0 saturated heterocycles. The topological polar surface area (TPSA) is 26.3 Å². The first kappa shape index (κ1) is 13.0. The first-order valence-electron chi connectivity index (χ1n) is 5.66. The highest BCUT2D eigenvalue weighted by Crippen LogP contribution is 2.11. The van der Waals surface area contributed by atoms with Crippen LogP contribution in [0.5, 0.6) is 0 Å². The molecule has 0 spiro atoms. The Hall–Kier alpha value is -1.02. The van der Waals surface area contributed by atoms with Crippen LogP contribution < -0.4 is 0 Å². The average molecular weight is 241 g/mol. The van der Waals surface area contributed by atoms with Gasteiger partial charge >= 0.3 is 5.97 Å². The van der Waals surface area contributed by atoms with Crippen molar-refractivity contribution in [3.05, 3.63) is 34.9 Å². The third-order valence-electron chi connectivity index (χ3n) is 2.29. The van der Waals surface area contributed by atoms with Gasteiger partial charge in [0, 0.05) is 5.02 Å². The normalized spacial score (nSPS) is 10.1. The summed E-state index contributed by atoms with van der Waals surface area (Å²) >= 11 is 5.78. The Morgan fingerprint density at radius 1 is 1.31 bits per heavy atom. The monoisotopic (exact) mass is 240 g/mol. The van der Waals surface area contributed by atoms with Crippen LogP contribution in [-0.4, -0.2) is 12.6 Å². The maximum absolute atomic E-state index is 11.5. The van der Waals surface area contributed by atoms with E-state index in [9.17, 15) is 4.79 Å². The Morgan fingerprint density at radius 3 is 2.81 bits per heavy atom. The van der Waals surface area contributed by atoms with Crippen LogP contribution in [0.4, 0.5) is 0 Å². The summed E-state index contributed by atoms with van der Waals surface area (Å²) in [5, 5.41) is 0.556. The molecule has 0 atom stereocenters. The van der Waals surface area contributed by atoms with E-state index < -0.39 is 0 Å². The molecule has 1 aromatic carbocycles. The molecule has 0 radical (unpaired) electrons. The van der Waals surface area contributed by atoms with Gasteiger partial charge in [-0.05, 0) is 24.6 Å². The van der Waals surface area contributed by atoms with E-state index >= 15 is 0 Å². The second-order valence-electron chi connectivity index (χ2n) is 3.71. The van der Waals surface area contributed by atoms with E-state index in [1.54, 1.807) is 24.3 Å². The van der Waals surface area contributed by atoms with E-state index in [0.717, 1.165) is 12.8 Å². The van der Waals surface area contributed by atoms with Crippen LogP contribution in [0.2, 0.25) is 5.02 Å². The van der Waals surface area contributed by atoms with Gasteiger partial charge in [-0.15, -0.1) is 0 Å². The van der Waals surface area contributed by atoms with Gasteiger partial charge in [-0.1, -0.05) is 43.9 Å². The first-order valence-corrected chi connectivity index (χ1v) is 6.04. The molecule has 0 saturated carbocycles. The molecule has 0 aliphatic rings. The van der Waals surface area contributed by atoms with Crippen LogP contribution in [0.15, 0.2) is 24.3 Å². The third kappa shape index (κ3) is 4.67. The molecular formula is C13H17ClO2. The van der Waals surface area contributed by atoms with Crippen LogP contribution in [0, 0.1) is 0 Å². The number of benzene rings is 1. The van der Waals surface area contributed by atoms with Crippen molar-refractivity contribution in [2.75, 3.05) is 6.61 Å². The molecule has 1 rings (SSSR count). The molecule has 0 aliphatic heterocycles. The maximum atomic E-state index is 11.5. The Bertz CT molecular complexity index is 336. The minimum absolute atomic E-state index is 0.293. The lowest BCUT2D eigenvalue weighted by atomic mass is 10.2. The van der Waals surface area contributed by atoms with Crippen molar-refractivity contribution in [1.82, 2.24) is 0 Å². The molecule has 0 aromatic heterocycles. The fourth-order valence-electron chi connectivity index (χ4n) is 1.39. The van der Waals surface area contributed by atoms with E-state index in [4.69, 9.17) is 16.3 Å². The van der Waals surface area contributed by atoms with Gasteiger partial charge in [0.1, 0.15) is 0 Å². The molecule has 3 heteroatoms. The van der Waals surface area contributed by atoms with Crippen molar-refractivity contribution in [1.29, 1.82) is 0 Å². The van der Waals surface area contributed by atoms with Gasteiger partial charge in [-0.25, -0.2) is 4.79 Å². The van der Waals surface area contributed by atoms with Crippen LogP contribution in [0.3, 0.4) is 0 Å². The van der Waals surface area contributed by atoms with Crippen molar-refractivity contribution in [3.63, 3.8) is 0 Å². The third-order valence-corrected chi connectivity index (χ3v) is 2.53. The SMILES string of the molecule is CCCCCCOC(=O)c1cccc(Cl)c1. The lowest BCUT2D eigenvalue weighted by Crippen LogP contribution is -2.06. The zero-order chi connectivity index (χ0) is 11.8. The molecule has 0 aliphatic carbocycles. The van der Waals surface area contributed by atoms with E-state index in [0.29, 0.717) is 17.2 Å². The van der Waals surface area contributed by atoms with E-state index in [1.807, 2.05) is 0 Å². The largest absolute Gasteiger partial charge is 0.462 e. The molecule has 2 nitrogen and oxygen atoms in total. The van der Waals surface area contributed by atoms with Gasteiger partial charge in [0.05, 0.1) is 12.2 Å². The number of hydrogen-bond donors (Lipinski definition) is 0. The lowest BCUT2D eigenvalue weighted by Gasteiger charge is -2.04. The van der Waals surface area contributed by atoms with Crippen LogP contribution >= 0.6 is 11.6 Å². The average Bonchev–Trinajstić information content (AvgIpc) is 2.28. The van der Waals surface area contributed by atoms with Gasteiger partial charge < -0.3 is 4.74 Å². The van der Waals surface area contributed by atoms with E-state index in [1.165, 1.54) is 12.8 Å². The van der Waals surface area contributed by atoms with Gasteiger partial charge in [0.2, 0.25) is 0 Å². The van der Waals surface area contributed by atoms with Gasteiger partial charge in [-0.3, -0.25) is 0 Å². The second-order valence-corrected chi connectivity index (χ2v) is 4.14. The van der Waals surface area contributed by atoms with Crippen molar-refractivity contribution < 1.29 is 9.53 Å². The lowest BCUT2D eigenvalue weighted by molar-refractivity contribution is 0.0498. The predicted molar refractivity (Wildman–Crippen MR) is 65.9 cm³/mol. The van der Waals surface area contributed by atoms with Crippen molar-refractivity contribution in [2.24, 2.45) is 0 Å². The Morgan fingerprint density at radius 2 is 2.12 bits per heavy atom. The number of rotatable bonds is 6. The quantitative estimate of drug-likeness (QED) is 0.553. The zero-order valence-corrected chi connectivity index (χ0v) is 10.3. The molecule has 0 amide bonds. The van der Waals surface area contributed by atoms with Gasteiger partial charge in [0.15, 0.2) is 0 Å². The summed E-state index contributed by atoms with van der Waals surface area (Å²) in [7, 11) is 0. The summed E-state index contributed by atoms with van der Waals surface area (Å²) < 4.78 is 5.13. The van der Waals surface area contributed by atoms with Gasteiger partial charge in [-0.2, -0.15) is 0 Å². The van der Waals surface area contributed by atoms with Crippen LogP contribution in [0.25, 0.3) is 0 Å². The standard InChI is InChI=1S/C13H17ClO2/c1-2-3-4-5-9-16-13(15)11-7-6-8-12(14)10-11/h6-8,10H,2-5,9H2,1H3. The maximum Gasteiger partial charge on any atom is 0.338 e. The Kier molecular flexibility index (Phi) is 5.94. The summed E-state index contributed by atoms with van der Waals surface area (Å²) in [6.45, 7) is 2.64. The van der Waals surface area contributed by atoms with Crippen molar-refractivity contribution in [2.45, 2.75) is 32.6 Å². The van der Waals surface area contributed by atoms with Crippen molar-refractivity contribution >= 4 is 17.6 Å². The second kappa shape index (κ2) is 7.29. The highest BCUT2D eigenvalue weighted by molar-refractivity contribution is 6.30.